The minimum atomic E-state index is 0.0623. The van der Waals surface area contributed by atoms with E-state index in [0.717, 1.165) is 16.1 Å². The smallest absolute Gasteiger partial charge is 0.166 e. The number of thiocarbonyl (C=S) groups is 1. The number of rotatable bonds is 7. The minimum Gasteiger partial charge on any atom is -0.383 e. The lowest BCUT2D eigenvalue weighted by Gasteiger charge is -2.22. The summed E-state index contributed by atoms with van der Waals surface area (Å²) in [4.78, 5) is 3.36. The van der Waals surface area contributed by atoms with Gasteiger partial charge in [0.1, 0.15) is 0 Å². The van der Waals surface area contributed by atoms with Gasteiger partial charge in [-0.3, -0.25) is 0 Å². The Balaban J connectivity index is 1.85. The maximum absolute atomic E-state index is 6.52. The zero-order valence-electron chi connectivity index (χ0n) is 15.5. The fourth-order valence-corrected chi connectivity index (χ4v) is 3.84. The van der Waals surface area contributed by atoms with Gasteiger partial charge in [-0.15, -0.1) is 0 Å². The van der Waals surface area contributed by atoms with Crippen molar-refractivity contribution in [1.29, 1.82) is 0 Å². The topological polar surface area (TPSA) is 49.1 Å². The number of hydrogen-bond donors (Lipinski definition) is 3. The number of fused-ring (bicyclic) bond motifs is 1. The molecule has 0 amide bonds. The van der Waals surface area contributed by atoms with Crippen molar-refractivity contribution in [3.8, 4) is 0 Å². The summed E-state index contributed by atoms with van der Waals surface area (Å²) < 4.78 is 5.15. The third-order valence-corrected chi connectivity index (χ3v) is 5.14. The first-order chi connectivity index (χ1) is 13.1. The summed E-state index contributed by atoms with van der Waals surface area (Å²) in [6.07, 6.45) is 2.06. The SMILES string of the molecule is COC[C@@H](C)NC(=S)NC[C@@H](c1ccccc1Cl)c1c[nH]c2ccccc12. The second-order valence-corrected chi connectivity index (χ2v) is 7.39. The van der Waals surface area contributed by atoms with Gasteiger partial charge in [0.05, 0.1) is 6.61 Å². The zero-order chi connectivity index (χ0) is 19.2. The molecule has 4 nitrogen and oxygen atoms in total. The Hall–Kier alpha value is -2.08. The Labute approximate surface area is 170 Å². The quantitative estimate of drug-likeness (QED) is 0.512. The van der Waals surface area contributed by atoms with Crippen molar-refractivity contribution in [3.63, 3.8) is 0 Å². The molecule has 3 rings (SSSR count). The average molecular weight is 402 g/mol. The molecule has 0 bridgehead atoms. The second kappa shape index (κ2) is 9.22. The van der Waals surface area contributed by atoms with Crippen LogP contribution in [0.5, 0.6) is 0 Å². The summed E-state index contributed by atoms with van der Waals surface area (Å²) in [6.45, 7) is 3.26. The summed E-state index contributed by atoms with van der Waals surface area (Å²) in [5, 5.41) is 9.13. The Morgan fingerprint density at radius 2 is 1.89 bits per heavy atom. The number of hydrogen-bond acceptors (Lipinski definition) is 2. The first-order valence-electron chi connectivity index (χ1n) is 8.94. The van der Waals surface area contributed by atoms with Crippen LogP contribution in [-0.4, -0.2) is 36.4 Å². The molecule has 1 heterocycles. The fourth-order valence-electron chi connectivity index (χ4n) is 3.29. The largest absolute Gasteiger partial charge is 0.383 e. The molecule has 0 unspecified atom stereocenters. The number of H-pyrrole nitrogens is 1. The molecule has 3 aromatic rings. The minimum absolute atomic E-state index is 0.0623. The molecule has 2 aromatic carbocycles. The predicted molar refractivity (Wildman–Crippen MR) is 117 cm³/mol. The number of halogens is 1. The predicted octanol–water partition coefficient (Wildman–Crippen LogP) is 4.45. The number of para-hydroxylation sites is 1. The summed E-state index contributed by atoms with van der Waals surface area (Å²) in [5.41, 5.74) is 3.38. The van der Waals surface area contributed by atoms with E-state index in [1.807, 2.05) is 31.2 Å². The molecule has 0 spiro atoms. The Kier molecular flexibility index (Phi) is 6.72. The first-order valence-corrected chi connectivity index (χ1v) is 9.72. The van der Waals surface area contributed by atoms with Gasteiger partial charge in [0.2, 0.25) is 0 Å². The molecule has 0 saturated heterocycles. The molecular weight excluding hydrogens is 378 g/mol. The van der Waals surface area contributed by atoms with Gasteiger partial charge in [-0.1, -0.05) is 48.0 Å². The van der Waals surface area contributed by atoms with Crippen LogP contribution in [0.15, 0.2) is 54.7 Å². The van der Waals surface area contributed by atoms with Gasteiger partial charge in [-0.25, -0.2) is 0 Å². The Morgan fingerprint density at radius 3 is 2.67 bits per heavy atom. The normalized spacial score (nSPS) is 13.3. The summed E-state index contributed by atoms with van der Waals surface area (Å²) in [7, 11) is 1.68. The summed E-state index contributed by atoms with van der Waals surface area (Å²) in [5.74, 6) is 0.0623. The van der Waals surface area contributed by atoms with Gasteiger partial charge in [0.25, 0.3) is 0 Å². The van der Waals surface area contributed by atoms with Crippen molar-refractivity contribution in [1.82, 2.24) is 15.6 Å². The number of methoxy groups -OCH3 is 1. The van der Waals surface area contributed by atoms with Crippen LogP contribution < -0.4 is 10.6 Å². The van der Waals surface area contributed by atoms with E-state index in [1.165, 1.54) is 10.9 Å². The van der Waals surface area contributed by atoms with Gasteiger partial charge < -0.3 is 20.4 Å². The van der Waals surface area contributed by atoms with E-state index in [-0.39, 0.29) is 12.0 Å². The number of aromatic amines is 1. The maximum atomic E-state index is 6.52. The lowest BCUT2D eigenvalue weighted by atomic mass is 9.91. The van der Waals surface area contributed by atoms with Crippen molar-refractivity contribution in [2.24, 2.45) is 0 Å². The second-order valence-electron chi connectivity index (χ2n) is 6.57. The maximum Gasteiger partial charge on any atom is 0.166 e. The highest BCUT2D eigenvalue weighted by molar-refractivity contribution is 7.80. The van der Waals surface area contributed by atoms with E-state index in [1.54, 1.807) is 7.11 Å². The molecule has 3 N–H and O–H groups in total. The van der Waals surface area contributed by atoms with E-state index in [9.17, 15) is 0 Å². The van der Waals surface area contributed by atoms with Crippen molar-refractivity contribution in [2.75, 3.05) is 20.3 Å². The molecular formula is C21H24ClN3OS. The molecule has 2 atom stereocenters. The highest BCUT2D eigenvalue weighted by atomic mass is 35.5. The lowest BCUT2D eigenvalue weighted by Crippen LogP contribution is -2.43. The summed E-state index contributed by atoms with van der Waals surface area (Å²) >= 11 is 12.0. The molecule has 27 heavy (non-hydrogen) atoms. The van der Waals surface area contributed by atoms with Gasteiger partial charge >= 0.3 is 0 Å². The Bertz CT molecular complexity index is 911. The van der Waals surface area contributed by atoms with E-state index >= 15 is 0 Å². The zero-order valence-corrected chi connectivity index (χ0v) is 17.0. The van der Waals surface area contributed by atoms with Crippen molar-refractivity contribution in [2.45, 2.75) is 18.9 Å². The van der Waals surface area contributed by atoms with E-state index in [0.29, 0.717) is 18.3 Å². The van der Waals surface area contributed by atoms with Crippen LogP contribution in [0.3, 0.4) is 0 Å². The molecule has 6 heteroatoms. The van der Waals surface area contributed by atoms with Crippen LogP contribution in [-0.2, 0) is 4.74 Å². The fraction of sp³-hybridized carbons (Fsp3) is 0.286. The third kappa shape index (κ3) is 4.80. The number of aromatic nitrogens is 1. The molecule has 1 aromatic heterocycles. The molecule has 0 aliphatic rings. The molecule has 0 aliphatic carbocycles. The van der Waals surface area contributed by atoms with Crippen LogP contribution in [0.2, 0.25) is 5.02 Å². The standard InChI is InChI=1S/C21H24ClN3OS/c1-14(13-26-2)25-21(27)24-12-17(15-7-3-5-9-19(15)22)18-11-23-20-10-6-4-8-16(18)20/h3-11,14,17,23H,12-13H2,1-2H3,(H2,24,25,27)/t14-,17+/m1/s1. The van der Waals surface area contributed by atoms with Crippen molar-refractivity contribution < 1.29 is 4.74 Å². The molecule has 142 valence electrons. The van der Waals surface area contributed by atoms with Crippen molar-refractivity contribution >= 4 is 39.8 Å². The molecule has 0 aliphatic heterocycles. The highest BCUT2D eigenvalue weighted by Crippen LogP contribution is 2.33. The number of nitrogens with one attached hydrogen (secondary N) is 3. The number of ether oxygens (including phenoxy) is 1. The van der Waals surface area contributed by atoms with Gasteiger partial charge in [0, 0.05) is 47.7 Å². The molecule has 0 fully saturated rings. The Morgan fingerprint density at radius 1 is 1.15 bits per heavy atom. The molecule has 0 saturated carbocycles. The van der Waals surface area contributed by atoms with Crippen LogP contribution in [0.25, 0.3) is 10.9 Å². The monoisotopic (exact) mass is 401 g/mol. The summed E-state index contributed by atoms with van der Waals surface area (Å²) in [6, 6.07) is 16.4. The highest BCUT2D eigenvalue weighted by Gasteiger charge is 2.20. The van der Waals surface area contributed by atoms with Crippen LogP contribution in [0.4, 0.5) is 0 Å². The average Bonchev–Trinajstić information content (AvgIpc) is 3.07. The van der Waals surface area contributed by atoms with Crippen LogP contribution >= 0.6 is 23.8 Å². The van der Waals surface area contributed by atoms with Gasteiger partial charge in [0.15, 0.2) is 5.11 Å². The van der Waals surface area contributed by atoms with Crippen molar-refractivity contribution in [3.05, 3.63) is 70.9 Å². The molecule has 0 radical (unpaired) electrons. The third-order valence-electron chi connectivity index (χ3n) is 4.54. The van der Waals surface area contributed by atoms with E-state index in [2.05, 4.69) is 46.1 Å². The first kappa shape index (κ1) is 19.7. The van der Waals surface area contributed by atoms with E-state index < -0.39 is 0 Å². The van der Waals surface area contributed by atoms with E-state index in [4.69, 9.17) is 28.6 Å². The van der Waals surface area contributed by atoms with Crippen LogP contribution in [0.1, 0.15) is 24.0 Å². The van der Waals surface area contributed by atoms with Gasteiger partial charge in [-0.05, 0) is 42.4 Å². The van der Waals surface area contributed by atoms with Crippen LogP contribution in [0, 0.1) is 0 Å². The number of benzene rings is 2. The van der Waals surface area contributed by atoms with Gasteiger partial charge in [-0.2, -0.15) is 0 Å². The lowest BCUT2D eigenvalue weighted by molar-refractivity contribution is 0.179.